The molecule has 0 fully saturated rings. The van der Waals surface area contributed by atoms with Crippen LogP contribution >= 0.6 is 0 Å². The highest BCUT2D eigenvalue weighted by Crippen LogP contribution is 2.22. The number of carbonyl (C=O) groups is 1. The van der Waals surface area contributed by atoms with Crippen LogP contribution in [0, 0.1) is 10.1 Å². The Kier molecular flexibility index (Phi) is 5.08. The number of amides is 1. The number of nitro benzene ring substituents is 1. The molecule has 2 N–H and O–H groups in total. The Balaban J connectivity index is 2.01. The number of nitrogens with one attached hydrogen (secondary N) is 2. The molecular formula is C15H16N4O4. The second-order valence-electron chi connectivity index (χ2n) is 4.91. The van der Waals surface area contributed by atoms with E-state index in [-0.39, 0.29) is 17.5 Å². The van der Waals surface area contributed by atoms with Gasteiger partial charge < -0.3 is 4.74 Å². The van der Waals surface area contributed by atoms with Crippen LogP contribution in [0.15, 0.2) is 42.6 Å². The van der Waals surface area contributed by atoms with Gasteiger partial charge in [0, 0.05) is 18.3 Å². The van der Waals surface area contributed by atoms with Gasteiger partial charge in [0.15, 0.2) is 0 Å². The van der Waals surface area contributed by atoms with Crippen LogP contribution in [0.4, 0.5) is 11.4 Å². The minimum atomic E-state index is -0.534. The fraction of sp³-hybridized carbons (Fsp3) is 0.200. The zero-order valence-corrected chi connectivity index (χ0v) is 12.6. The van der Waals surface area contributed by atoms with Gasteiger partial charge in [-0.2, -0.15) is 0 Å². The van der Waals surface area contributed by atoms with Crippen molar-refractivity contribution in [2.45, 2.75) is 20.0 Å². The smallest absolute Gasteiger partial charge is 0.294 e. The third-order valence-electron chi connectivity index (χ3n) is 2.77. The van der Waals surface area contributed by atoms with Gasteiger partial charge in [0.25, 0.3) is 11.6 Å². The molecule has 1 aromatic heterocycles. The normalized spacial score (nSPS) is 10.2. The largest absolute Gasteiger partial charge is 0.475 e. The van der Waals surface area contributed by atoms with E-state index < -0.39 is 10.8 Å². The molecule has 0 radical (unpaired) electrons. The Morgan fingerprint density at radius 2 is 2.00 bits per heavy atom. The minimum Gasteiger partial charge on any atom is -0.475 e. The third-order valence-corrected chi connectivity index (χ3v) is 2.77. The number of hydrogen-bond acceptors (Lipinski definition) is 6. The summed E-state index contributed by atoms with van der Waals surface area (Å²) in [7, 11) is 0. The number of hydrogen-bond donors (Lipinski definition) is 2. The molecule has 1 amide bonds. The SMILES string of the molecule is CC(C)Oc1ccc(C(=O)NNc2ccccc2[N+](=O)[O-])cn1. The van der Waals surface area contributed by atoms with Gasteiger partial charge in [0.1, 0.15) is 5.69 Å². The Bertz CT molecular complexity index is 701. The molecule has 120 valence electrons. The van der Waals surface area contributed by atoms with Crippen LogP contribution in [0.2, 0.25) is 0 Å². The van der Waals surface area contributed by atoms with Gasteiger partial charge in [-0.05, 0) is 26.0 Å². The maximum atomic E-state index is 12.0. The summed E-state index contributed by atoms with van der Waals surface area (Å²) in [6.45, 7) is 3.75. The predicted octanol–water partition coefficient (Wildman–Crippen LogP) is 2.53. The molecule has 1 heterocycles. The monoisotopic (exact) mass is 316 g/mol. The quantitative estimate of drug-likeness (QED) is 0.626. The number of nitrogens with zero attached hydrogens (tertiary/aromatic N) is 2. The Morgan fingerprint density at radius 3 is 2.61 bits per heavy atom. The van der Waals surface area contributed by atoms with E-state index >= 15 is 0 Å². The standard InChI is InChI=1S/C15H16N4O4/c1-10(2)23-14-8-7-11(9-16-14)15(20)18-17-12-5-3-4-6-13(12)19(21)22/h3-10,17H,1-2H3,(H,18,20). The maximum Gasteiger partial charge on any atom is 0.294 e. The topological polar surface area (TPSA) is 106 Å². The molecule has 0 saturated heterocycles. The van der Waals surface area contributed by atoms with Gasteiger partial charge in [-0.1, -0.05) is 12.1 Å². The molecule has 8 nitrogen and oxygen atoms in total. The van der Waals surface area contributed by atoms with Crippen molar-refractivity contribution < 1.29 is 14.5 Å². The van der Waals surface area contributed by atoms with E-state index in [4.69, 9.17) is 4.74 Å². The van der Waals surface area contributed by atoms with Gasteiger partial charge in [-0.3, -0.25) is 25.8 Å². The number of benzene rings is 1. The number of hydrazine groups is 1. The van der Waals surface area contributed by atoms with Crippen molar-refractivity contribution in [3.05, 3.63) is 58.3 Å². The molecular weight excluding hydrogens is 300 g/mol. The molecule has 23 heavy (non-hydrogen) atoms. The molecule has 0 saturated carbocycles. The summed E-state index contributed by atoms with van der Waals surface area (Å²) in [6, 6.07) is 9.15. The molecule has 0 aliphatic heterocycles. The fourth-order valence-corrected chi connectivity index (χ4v) is 1.76. The Morgan fingerprint density at radius 1 is 1.26 bits per heavy atom. The number of para-hydroxylation sites is 2. The second-order valence-corrected chi connectivity index (χ2v) is 4.91. The zero-order valence-electron chi connectivity index (χ0n) is 12.6. The number of rotatable bonds is 6. The first-order chi connectivity index (χ1) is 11.0. The van der Waals surface area contributed by atoms with Crippen LogP contribution in [0.3, 0.4) is 0 Å². The number of aromatic nitrogens is 1. The van der Waals surface area contributed by atoms with Crippen LogP contribution in [-0.2, 0) is 0 Å². The molecule has 0 spiro atoms. The van der Waals surface area contributed by atoms with Gasteiger partial charge in [-0.15, -0.1) is 0 Å². The van der Waals surface area contributed by atoms with E-state index in [9.17, 15) is 14.9 Å². The summed E-state index contributed by atoms with van der Waals surface area (Å²) in [5, 5.41) is 10.9. The van der Waals surface area contributed by atoms with Crippen molar-refractivity contribution in [1.82, 2.24) is 10.4 Å². The summed E-state index contributed by atoms with van der Waals surface area (Å²) in [5.41, 5.74) is 5.29. The molecule has 2 rings (SSSR count). The van der Waals surface area contributed by atoms with Crippen molar-refractivity contribution in [1.29, 1.82) is 0 Å². The van der Waals surface area contributed by atoms with Crippen LogP contribution in [0.25, 0.3) is 0 Å². The number of nitro groups is 1. The molecule has 0 bridgehead atoms. The molecule has 0 aliphatic rings. The van der Waals surface area contributed by atoms with E-state index in [1.807, 2.05) is 13.8 Å². The molecule has 1 aromatic carbocycles. The average molecular weight is 316 g/mol. The van der Waals surface area contributed by atoms with Gasteiger partial charge in [-0.25, -0.2) is 4.98 Å². The second kappa shape index (κ2) is 7.21. The van der Waals surface area contributed by atoms with E-state index in [1.54, 1.807) is 24.3 Å². The summed E-state index contributed by atoms with van der Waals surface area (Å²) >= 11 is 0. The van der Waals surface area contributed by atoms with E-state index in [0.29, 0.717) is 11.4 Å². The lowest BCUT2D eigenvalue weighted by Crippen LogP contribution is -2.29. The average Bonchev–Trinajstić information content (AvgIpc) is 2.53. The maximum absolute atomic E-state index is 12.0. The molecule has 0 unspecified atom stereocenters. The molecule has 2 aromatic rings. The summed E-state index contributed by atoms with van der Waals surface area (Å²) in [5.74, 6) is -0.0463. The van der Waals surface area contributed by atoms with Crippen molar-refractivity contribution in [2.75, 3.05) is 5.43 Å². The van der Waals surface area contributed by atoms with Crippen molar-refractivity contribution in [3.8, 4) is 5.88 Å². The molecule has 8 heteroatoms. The lowest BCUT2D eigenvalue weighted by atomic mass is 10.2. The van der Waals surface area contributed by atoms with Crippen LogP contribution in [0.5, 0.6) is 5.88 Å². The Labute approximate surface area is 132 Å². The first-order valence-corrected chi connectivity index (χ1v) is 6.90. The minimum absolute atomic E-state index is 0.0116. The van der Waals surface area contributed by atoms with E-state index in [1.165, 1.54) is 18.3 Å². The summed E-state index contributed by atoms with van der Waals surface area (Å²) in [4.78, 5) is 26.4. The summed E-state index contributed by atoms with van der Waals surface area (Å²) < 4.78 is 5.39. The highest BCUT2D eigenvalue weighted by atomic mass is 16.6. The number of carbonyl (C=O) groups excluding carboxylic acids is 1. The number of pyridine rings is 1. The molecule has 0 aliphatic carbocycles. The molecule has 0 atom stereocenters. The summed E-state index contributed by atoms with van der Waals surface area (Å²) in [6.07, 6.45) is 1.36. The third kappa shape index (κ3) is 4.40. The van der Waals surface area contributed by atoms with Crippen LogP contribution in [-0.4, -0.2) is 21.9 Å². The predicted molar refractivity (Wildman–Crippen MR) is 84.2 cm³/mol. The highest BCUT2D eigenvalue weighted by Gasteiger charge is 2.13. The van der Waals surface area contributed by atoms with Gasteiger partial charge in [0.2, 0.25) is 5.88 Å². The first kappa shape index (κ1) is 16.2. The lowest BCUT2D eigenvalue weighted by Gasteiger charge is -2.10. The van der Waals surface area contributed by atoms with E-state index in [2.05, 4.69) is 15.8 Å². The van der Waals surface area contributed by atoms with Gasteiger partial charge in [0.05, 0.1) is 16.6 Å². The van der Waals surface area contributed by atoms with Crippen molar-refractivity contribution in [3.63, 3.8) is 0 Å². The Hall–Kier alpha value is -3.16. The van der Waals surface area contributed by atoms with Crippen LogP contribution in [0.1, 0.15) is 24.2 Å². The first-order valence-electron chi connectivity index (χ1n) is 6.90. The van der Waals surface area contributed by atoms with E-state index in [0.717, 1.165) is 0 Å². The fourth-order valence-electron chi connectivity index (χ4n) is 1.76. The highest BCUT2D eigenvalue weighted by molar-refractivity contribution is 5.94. The van der Waals surface area contributed by atoms with Crippen molar-refractivity contribution >= 4 is 17.3 Å². The number of anilines is 1. The number of ether oxygens (including phenoxy) is 1. The van der Waals surface area contributed by atoms with Gasteiger partial charge >= 0.3 is 0 Å². The zero-order chi connectivity index (χ0) is 16.8. The van der Waals surface area contributed by atoms with Crippen molar-refractivity contribution in [2.24, 2.45) is 0 Å². The van der Waals surface area contributed by atoms with Crippen LogP contribution < -0.4 is 15.6 Å². The lowest BCUT2D eigenvalue weighted by molar-refractivity contribution is -0.384.